The summed E-state index contributed by atoms with van der Waals surface area (Å²) in [7, 11) is 3.27. The molecule has 2 aromatic rings. The first-order chi connectivity index (χ1) is 14.4. The highest BCUT2D eigenvalue weighted by molar-refractivity contribution is 7.07. The number of amides is 1. The van der Waals surface area contributed by atoms with Crippen molar-refractivity contribution in [3.05, 3.63) is 42.3 Å². The summed E-state index contributed by atoms with van der Waals surface area (Å²) in [5, 5.41) is 0.256. The number of hydrogen-bond acceptors (Lipinski definition) is 6. The van der Waals surface area contributed by atoms with Gasteiger partial charge in [-0.2, -0.15) is 0 Å². The Bertz CT molecular complexity index is 1140. The van der Waals surface area contributed by atoms with Gasteiger partial charge in [-0.1, -0.05) is 32.4 Å². The molecule has 0 saturated carbocycles. The summed E-state index contributed by atoms with van der Waals surface area (Å²) in [5.74, 6) is 0.344. The highest BCUT2D eigenvalue weighted by atomic mass is 35.5. The van der Waals surface area contributed by atoms with Gasteiger partial charge in [0.2, 0.25) is 0 Å². The third-order valence-electron chi connectivity index (χ3n) is 4.15. The van der Waals surface area contributed by atoms with Crippen LogP contribution >= 0.6 is 22.9 Å². The summed E-state index contributed by atoms with van der Waals surface area (Å²) in [6.07, 6.45) is 3.10. The van der Waals surface area contributed by atoms with Gasteiger partial charge in [-0.05, 0) is 30.7 Å². The molecule has 0 aliphatic carbocycles. The fourth-order valence-electron chi connectivity index (χ4n) is 2.35. The number of likely N-dealkylation sites (N-methyl/N-ethyl adjacent to an activating group) is 1. The molecule has 1 N–H and O–H groups in total. The van der Waals surface area contributed by atoms with Gasteiger partial charge in [0.25, 0.3) is 11.5 Å². The van der Waals surface area contributed by atoms with E-state index in [-0.39, 0.29) is 34.6 Å². The Morgan fingerprint density at radius 1 is 1.23 bits per heavy atom. The molecule has 9 heteroatoms. The second kappa shape index (κ2) is 10.2. The molecule has 0 atom stereocenters. The second-order valence-electron chi connectivity index (χ2n) is 8.03. The van der Waals surface area contributed by atoms with Crippen molar-refractivity contribution >= 4 is 46.8 Å². The molecule has 31 heavy (non-hydrogen) atoms. The maximum absolute atomic E-state index is 12.3. The first-order valence-electron chi connectivity index (χ1n) is 9.68. The Hall–Kier alpha value is -2.58. The Balaban J connectivity index is 2.45. The molecule has 0 fully saturated rings. The van der Waals surface area contributed by atoms with E-state index < -0.39 is 5.41 Å². The number of ether oxygens (including phenoxy) is 2. The van der Waals surface area contributed by atoms with Gasteiger partial charge in [0.05, 0.1) is 20.8 Å². The topological polar surface area (TPSA) is 88.7 Å². The minimum Gasteiger partial charge on any atom is -0.490 e. The first-order valence-corrected chi connectivity index (χ1v) is 10.9. The van der Waals surface area contributed by atoms with E-state index in [0.29, 0.717) is 27.1 Å². The van der Waals surface area contributed by atoms with Crippen molar-refractivity contribution in [2.75, 3.05) is 27.3 Å². The summed E-state index contributed by atoms with van der Waals surface area (Å²) < 4.78 is 12.1. The van der Waals surface area contributed by atoms with Crippen LogP contribution in [-0.2, 0) is 9.59 Å². The number of thiazole rings is 1. The Kier molecular flexibility index (Phi) is 8.08. The molecule has 0 saturated heterocycles. The number of nitrogens with zero attached hydrogens (tertiary/aromatic N) is 1. The summed E-state index contributed by atoms with van der Waals surface area (Å²) >= 11 is 7.56. The lowest BCUT2D eigenvalue weighted by atomic mass is 9.91. The normalized spacial score (nSPS) is 12.7. The summed E-state index contributed by atoms with van der Waals surface area (Å²) in [4.78, 5) is 40.5. The number of aromatic amines is 1. The number of ketones is 1. The van der Waals surface area contributed by atoms with Crippen LogP contribution in [0.4, 0.5) is 0 Å². The molecule has 0 spiro atoms. The van der Waals surface area contributed by atoms with Crippen molar-refractivity contribution in [3.8, 4) is 11.5 Å². The number of Topliss-reactive ketones (excluding diaryl/α,β-unsaturated/α-hetero) is 1. The fraction of sp³-hybridized carbons (Fsp3) is 0.409. The number of halogens is 1. The standard InChI is InChI=1S/C22H27ClN2O5S/c1-7-29-15-9-13(8-14(23)20(15)30-12-19(27)25(5)6)10-16-21(28)24-18(31-16)11-17(26)22(2,3)4/h8-11H,7,12H2,1-6H3,(H,24,28). The minimum absolute atomic E-state index is 0.0769. The van der Waals surface area contributed by atoms with Crippen LogP contribution in [-0.4, -0.2) is 48.9 Å². The lowest BCUT2D eigenvalue weighted by molar-refractivity contribution is -0.130. The molecule has 0 aliphatic rings. The molecule has 0 unspecified atom stereocenters. The van der Waals surface area contributed by atoms with E-state index in [0.717, 1.165) is 0 Å². The summed E-state index contributed by atoms with van der Waals surface area (Å²) in [6, 6.07) is 3.32. The van der Waals surface area contributed by atoms with Crippen LogP contribution < -0.4 is 24.2 Å². The van der Waals surface area contributed by atoms with E-state index in [9.17, 15) is 14.4 Å². The quantitative estimate of drug-likeness (QED) is 0.675. The van der Waals surface area contributed by atoms with Crippen LogP contribution in [0.1, 0.15) is 33.3 Å². The van der Waals surface area contributed by atoms with Gasteiger partial charge >= 0.3 is 0 Å². The number of carbonyl (C=O) groups excluding carboxylic acids is 2. The van der Waals surface area contributed by atoms with Gasteiger partial charge in [-0.25, -0.2) is 0 Å². The molecule has 0 bridgehead atoms. The van der Waals surface area contributed by atoms with Crippen molar-refractivity contribution in [1.82, 2.24) is 9.88 Å². The van der Waals surface area contributed by atoms with Crippen LogP contribution in [0.2, 0.25) is 5.02 Å². The number of rotatable bonds is 7. The maximum atomic E-state index is 12.3. The van der Waals surface area contributed by atoms with Crippen LogP contribution in [0.25, 0.3) is 12.2 Å². The number of hydrogen-bond donors (Lipinski definition) is 1. The molecule has 1 aromatic carbocycles. The van der Waals surface area contributed by atoms with Crippen molar-refractivity contribution in [2.45, 2.75) is 27.7 Å². The Labute approximate surface area is 189 Å². The zero-order valence-corrected chi connectivity index (χ0v) is 20.1. The molecule has 168 valence electrons. The smallest absolute Gasteiger partial charge is 0.266 e. The van der Waals surface area contributed by atoms with Gasteiger partial charge in [0, 0.05) is 25.6 Å². The highest BCUT2D eigenvalue weighted by Crippen LogP contribution is 2.37. The monoisotopic (exact) mass is 466 g/mol. The SMILES string of the molecule is CCOc1cc(C=c2sc(=CC(=O)C(C)(C)C)[nH]c2=O)cc(Cl)c1OCC(=O)N(C)C. The van der Waals surface area contributed by atoms with Crippen LogP contribution in [0.15, 0.2) is 16.9 Å². The molecule has 2 rings (SSSR count). The lowest BCUT2D eigenvalue weighted by Gasteiger charge is -2.16. The van der Waals surface area contributed by atoms with Crippen LogP contribution in [0.5, 0.6) is 11.5 Å². The average Bonchev–Trinajstić information content (AvgIpc) is 2.99. The second-order valence-corrected chi connectivity index (χ2v) is 9.52. The highest BCUT2D eigenvalue weighted by Gasteiger charge is 2.19. The predicted molar refractivity (Wildman–Crippen MR) is 123 cm³/mol. The number of benzene rings is 1. The van der Waals surface area contributed by atoms with Gasteiger partial charge in [0.1, 0.15) is 0 Å². The van der Waals surface area contributed by atoms with Crippen molar-refractivity contribution in [1.29, 1.82) is 0 Å². The van der Waals surface area contributed by atoms with Gasteiger partial charge in [0.15, 0.2) is 23.9 Å². The third kappa shape index (κ3) is 6.70. The lowest BCUT2D eigenvalue weighted by Crippen LogP contribution is -2.27. The number of H-pyrrole nitrogens is 1. The van der Waals surface area contributed by atoms with E-state index >= 15 is 0 Å². The maximum Gasteiger partial charge on any atom is 0.266 e. The van der Waals surface area contributed by atoms with E-state index in [4.69, 9.17) is 21.1 Å². The zero-order chi connectivity index (χ0) is 23.3. The largest absolute Gasteiger partial charge is 0.490 e. The predicted octanol–water partition coefficient (Wildman–Crippen LogP) is 2.18. The third-order valence-corrected chi connectivity index (χ3v) is 5.39. The minimum atomic E-state index is -0.533. The van der Waals surface area contributed by atoms with Crippen LogP contribution in [0, 0.1) is 5.41 Å². The van der Waals surface area contributed by atoms with Crippen LogP contribution in [0.3, 0.4) is 0 Å². The molecular formula is C22H27ClN2O5S. The fourth-order valence-corrected chi connectivity index (χ4v) is 3.51. The molecule has 7 nitrogen and oxygen atoms in total. The average molecular weight is 467 g/mol. The van der Waals surface area contributed by atoms with E-state index in [1.807, 2.05) is 27.7 Å². The molecule has 0 radical (unpaired) electrons. The molecule has 0 aliphatic heterocycles. The summed E-state index contributed by atoms with van der Waals surface area (Å²) in [5.41, 5.74) is -0.209. The van der Waals surface area contributed by atoms with E-state index in [1.54, 1.807) is 32.3 Å². The molecule has 1 aromatic heterocycles. The summed E-state index contributed by atoms with van der Waals surface area (Å²) in [6.45, 7) is 7.46. The first kappa shape index (κ1) is 24.7. The van der Waals surface area contributed by atoms with Crippen molar-refractivity contribution in [2.24, 2.45) is 5.41 Å². The van der Waals surface area contributed by atoms with E-state index in [1.165, 1.54) is 22.3 Å². The molecule has 1 heterocycles. The van der Waals surface area contributed by atoms with Gasteiger partial charge < -0.3 is 19.4 Å². The van der Waals surface area contributed by atoms with Gasteiger partial charge in [-0.3, -0.25) is 14.4 Å². The van der Waals surface area contributed by atoms with Crippen molar-refractivity contribution < 1.29 is 19.1 Å². The van der Waals surface area contributed by atoms with Gasteiger partial charge in [-0.15, -0.1) is 11.3 Å². The number of nitrogens with one attached hydrogen (secondary N) is 1. The zero-order valence-electron chi connectivity index (χ0n) is 18.5. The number of aromatic nitrogens is 1. The van der Waals surface area contributed by atoms with Crippen molar-refractivity contribution in [3.63, 3.8) is 0 Å². The molecular weight excluding hydrogens is 440 g/mol. The molecule has 1 amide bonds. The van der Waals surface area contributed by atoms with E-state index in [2.05, 4.69) is 4.98 Å². The Morgan fingerprint density at radius 3 is 2.48 bits per heavy atom. The Morgan fingerprint density at radius 2 is 1.90 bits per heavy atom. The number of carbonyl (C=O) groups is 2.